The highest BCUT2D eigenvalue weighted by molar-refractivity contribution is 7.17. The van der Waals surface area contributed by atoms with Gasteiger partial charge in [-0.15, -0.1) is 11.3 Å². The first-order valence-electron chi connectivity index (χ1n) is 11.0. The number of hydrogen-bond acceptors (Lipinski definition) is 4. The summed E-state index contributed by atoms with van der Waals surface area (Å²) in [7, 11) is 0. The topological polar surface area (TPSA) is 67.4 Å². The molecule has 1 aliphatic heterocycles. The van der Waals surface area contributed by atoms with Crippen molar-refractivity contribution in [3.63, 3.8) is 0 Å². The summed E-state index contributed by atoms with van der Waals surface area (Å²) in [4.78, 5) is 27.6. The lowest BCUT2D eigenvalue weighted by Crippen LogP contribution is -2.32. The molecule has 5 rings (SSSR count). The minimum atomic E-state index is -0.177. The molecule has 5 nitrogen and oxygen atoms in total. The Morgan fingerprint density at radius 3 is 2.71 bits per heavy atom. The van der Waals surface area contributed by atoms with Crippen LogP contribution >= 0.6 is 11.3 Å². The van der Waals surface area contributed by atoms with Crippen molar-refractivity contribution >= 4 is 38.9 Å². The smallest absolute Gasteiger partial charge is 0.256 e. The molecule has 1 aliphatic carbocycles. The number of carbonyl (C=O) groups is 2. The van der Waals surface area contributed by atoms with E-state index in [-0.39, 0.29) is 17.9 Å². The largest absolute Gasteiger partial charge is 0.376 e. The Morgan fingerprint density at radius 1 is 1.00 bits per heavy atom. The van der Waals surface area contributed by atoms with Crippen LogP contribution in [0.2, 0.25) is 0 Å². The molecule has 1 unspecified atom stereocenters. The number of aryl methyl sites for hydroxylation is 1. The lowest BCUT2D eigenvalue weighted by Gasteiger charge is -2.15. The third kappa shape index (κ3) is 4.10. The van der Waals surface area contributed by atoms with Gasteiger partial charge in [-0.25, -0.2) is 0 Å². The van der Waals surface area contributed by atoms with Crippen molar-refractivity contribution in [3.05, 3.63) is 64.0 Å². The zero-order valence-corrected chi connectivity index (χ0v) is 18.2. The second kappa shape index (κ2) is 8.81. The molecule has 1 aromatic heterocycles. The van der Waals surface area contributed by atoms with Gasteiger partial charge in [0.1, 0.15) is 5.00 Å². The minimum Gasteiger partial charge on any atom is -0.376 e. The van der Waals surface area contributed by atoms with Crippen molar-refractivity contribution in [1.82, 2.24) is 5.32 Å². The van der Waals surface area contributed by atoms with Crippen molar-refractivity contribution in [2.45, 2.75) is 44.6 Å². The van der Waals surface area contributed by atoms with Crippen molar-refractivity contribution in [3.8, 4) is 0 Å². The number of ether oxygens (including phenoxy) is 1. The zero-order chi connectivity index (χ0) is 21.2. The van der Waals surface area contributed by atoms with Gasteiger partial charge in [0.25, 0.3) is 11.8 Å². The Morgan fingerprint density at radius 2 is 1.84 bits per heavy atom. The SMILES string of the molecule is O=C(NCC1CCCO1)c1c(NC(=O)c2cccc3ccccc23)sc2c1CCCC2. The van der Waals surface area contributed by atoms with E-state index in [1.54, 1.807) is 11.3 Å². The van der Waals surface area contributed by atoms with Crippen LogP contribution in [0.1, 0.15) is 56.8 Å². The molecule has 1 atom stereocenters. The maximum atomic E-state index is 13.2. The lowest BCUT2D eigenvalue weighted by molar-refractivity contribution is 0.0858. The van der Waals surface area contributed by atoms with Crippen molar-refractivity contribution in [1.29, 1.82) is 0 Å². The first kappa shape index (κ1) is 20.2. The first-order valence-corrected chi connectivity index (χ1v) is 11.9. The van der Waals surface area contributed by atoms with Crippen molar-refractivity contribution in [2.75, 3.05) is 18.5 Å². The predicted molar refractivity (Wildman–Crippen MR) is 124 cm³/mol. The number of anilines is 1. The van der Waals surface area contributed by atoms with Gasteiger partial charge in [0.2, 0.25) is 0 Å². The van der Waals surface area contributed by atoms with Gasteiger partial charge in [-0.05, 0) is 60.9 Å². The van der Waals surface area contributed by atoms with E-state index < -0.39 is 0 Å². The maximum absolute atomic E-state index is 13.2. The fourth-order valence-electron chi connectivity index (χ4n) is 4.59. The fourth-order valence-corrected chi connectivity index (χ4v) is 5.87. The van der Waals surface area contributed by atoms with E-state index in [0.29, 0.717) is 22.7 Å². The van der Waals surface area contributed by atoms with E-state index in [1.165, 1.54) is 4.88 Å². The number of benzene rings is 2. The molecule has 0 saturated carbocycles. The molecule has 1 saturated heterocycles. The minimum absolute atomic E-state index is 0.0899. The number of amides is 2. The van der Waals surface area contributed by atoms with E-state index in [1.807, 2.05) is 42.5 Å². The van der Waals surface area contributed by atoms with Gasteiger partial charge in [-0.1, -0.05) is 36.4 Å². The zero-order valence-electron chi connectivity index (χ0n) is 17.4. The molecular weight excluding hydrogens is 408 g/mol. The number of fused-ring (bicyclic) bond motifs is 2. The maximum Gasteiger partial charge on any atom is 0.256 e. The van der Waals surface area contributed by atoms with Gasteiger partial charge in [0.05, 0.1) is 11.7 Å². The Hall–Kier alpha value is -2.70. The van der Waals surface area contributed by atoms with Gasteiger partial charge >= 0.3 is 0 Å². The van der Waals surface area contributed by atoms with E-state index in [4.69, 9.17) is 4.74 Å². The summed E-state index contributed by atoms with van der Waals surface area (Å²) >= 11 is 1.55. The number of hydrogen-bond donors (Lipinski definition) is 2. The molecule has 3 aromatic rings. The van der Waals surface area contributed by atoms with Crippen LogP contribution in [0.4, 0.5) is 5.00 Å². The van der Waals surface area contributed by atoms with Crippen LogP contribution in [0.3, 0.4) is 0 Å². The normalized spacial score (nSPS) is 18.0. The van der Waals surface area contributed by atoms with Gasteiger partial charge in [-0.2, -0.15) is 0 Å². The molecule has 160 valence electrons. The van der Waals surface area contributed by atoms with E-state index in [0.717, 1.165) is 61.5 Å². The van der Waals surface area contributed by atoms with Gasteiger partial charge < -0.3 is 15.4 Å². The second-order valence-electron chi connectivity index (χ2n) is 8.24. The van der Waals surface area contributed by atoms with Crippen LogP contribution < -0.4 is 10.6 Å². The van der Waals surface area contributed by atoms with Crippen LogP contribution in [-0.4, -0.2) is 31.1 Å². The average molecular weight is 435 g/mol. The van der Waals surface area contributed by atoms with E-state index in [9.17, 15) is 9.59 Å². The number of rotatable bonds is 5. The average Bonchev–Trinajstić information content (AvgIpc) is 3.44. The molecule has 2 aromatic carbocycles. The fraction of sp³-hybridized carbons (Fsp3) is 0.360. The van der Waals surface area contributed by atoms with Crippen LogP contribution in [0, 0.1) is 0 Å². The Kier molecular flexibility index (Phi) is 5.74. The van der Waals surface area contributed by atoms with Crippen LogP contribution in [0.15, 0.2) is 42.5 Å². The molecular formula is C25H26N2O3S. The summed E-state index contributed by atoms with van der Waals surface area (Å²) in [5.41, 5.74) is 2.37. The number of nitrogens with one attached hydrogen (secondary N) is 2. The summed E-state index contributed by atoms with van der Waals surface area (Å²) < 4.78 is 5.65. The van der Waals surface area contributed by atoms with E-state index >= 15 is 0 Å². The Balaban J connectivity index is 1.43. The molecule has 2 aliphatic rings. The molecule has 2 amide bonds. The highest BCUT2D eigenvalue weighted by Crippen LogP contribution is 2.38. The highest BCUT2D eigenvalue weighted by Gasteiger charge is 2.27. The third-order valence-corrected chi connectivity index (χ3v) is 7.38. The molecule has 31 heavy (non-hydrogen) atoms. The summed E-state index contributed by atoms with van der Waals surface area (Å²) in [6, 6.07) is 13.6. The lowest BCUT2D eigenvalue weighted by atomic mass is 9.95. The Bertz CT molecular complexity index is 1130. The molecule has 0 radical (unpaired) electrons. The first-order chi connectivity index (χ1) is 15.2. The molecule has 2 heterocycles. The van der Waals surface area contributed by atoms with Crippen molar-refractivity contribution < 1.29 is 14.3 Å². The summed E-state index contributed by atoms with van der Waals surface area (Å²) in [6.07, 6.45) is 6.17. The Labute approximate surface area is 185 Å². The van der Waals surface area contributed by atoms with Crippen LogP contribution in [0.5, 0.6) is 0 Å². The highest BCUT2D eigenvalue weighted by atomic mass is 32.1. The number of thiophene rings is 1. The van der Waals surface area contributed by atoms with Crippen molar-refractivity contribution in [2.24, 2.45) is 0 Å². The summed E-state index contributed by atoms with van der Waals surface area (Å²) in [5, 5.41) is 8.72. The molecule has 0 bridgehead atoms. The summed E-state index contributed by atoms with van der Waals surface area (Å²) in [5.74, 6) is -0.285. The molecule has 6 heteroatoms. The van der Waals surface area contributed by atoms with Crippen LogP contribution in [-0.2, 0) is 17.6 Å². The van der Waals surface area contributed by atoms with Gasteiger partial charge in [-0.3, -0.25) is 9.59 Å². The molecule has 0 spiro atoms. The van der Waals surface area contributed by atoms with Gasteiger partial charge in [0.15, 0.2) is 0 Å². The predicted octanol–water partition coefficient (Wildman–Crippen LogP) is 4.94. The van der Waals surface area contributed by atoms with Gasteiger partial charge in [0, 0.05) is 23.6 Å². The molecule has 1 fully saturated rings. The van der Waals surface area contributed by atoms with E-state index in [2.05, 4.69) is 10.6 Å². The third-order valence-electron chi connectivity index (χ3n) is 6.17. The quantitative estimate of drug-likeness (QED) is 0.598. The summed E-state index contributed by atoms with van der Waals surface area (Å²) in [6.45, 7) is 1.28. The molecule has 2 N–H and O–H groups in total. The second-order valence-corrected chi connectivity index (χ2v) is 9.35. The van der Waals surface area contributed by atoms with Crippen LogP contribution in [0.25, 0.3) is 10.8 Å². The monoisotopic (exact) mass is 434 g/mol. The standard InChI is InChI=1S/C25H26N2O3S/c28-23(19-12-5-8-16-7-1-2-10-18(16)19)27-25-22(20-11-3-4-13-21(20)31-25)24(29)26-15-17-9-6-14-30-17/h1-2,5,7-8,10,12,17H,3-4,6,9,11,13-15H2,(H,26,29)(H,27,28). The number of carbonyl (C=O) groups excluding carboxylic acids is 2.